The van der Waals surface area contributed by atoms with Crippen molar-refractivity contribution in [2.45, 2.75) is 26.6 Å². The Balaban J connectivity index is 0.00000261. The second-order valence-electron chi connectivity index (χ2n) is 6.26. The molecule has 0 bridgehead atoms. The summed E-state index contributed by atoms with van der Waals surface area (Å²) in [6.45, 7) is 4.06. The highest BCUT2D eigenvalue weighted by Crippen LogP contribution is 2.24. The molecule has 3 aromatic rings. The van der Waals surface area contributed by atoms with E-state index in [4.69, 9.17) is 27.9 Å². The average Bonchev–Trinajstić information content (AvgIpc) is 2.64. The molecule has 0 aromatic heterocycles. The van der Waals surface area contributed by atoms with Crippen molar-refractivity contribution >= 4 is 35.6 Å². The summed E-state index contributed by atoms with van der Waals surface area (Å²) in [7, 11) is 0. The van der Waals surface area contributed by atoms with Gasteiger partial charge in [-0.3, -0.25) is 0 Å². The predicted molar refractivity (Wildman–Crippen MR) is 116 cm³/mol. The van der Waals surface area contributed by atoms with Crippen LogP contribution in [0.15, 0.2) is 66.7 Å². The Hall–Kier alpha value is -1.71. The fourth-order valence-corrected chi connectivity index (χ4v) is 2.94. The van der Waals surface area contributed by atoms with E-state index in [-0.39, 0.29) is 12.4 Å². The van der Waals surface area contributed by atoms with Crippen LogP contribution in [0.4, 0.5) is 0 Å². The molecule has 0 aliphatic rings. The zero-order valence-corrected chi connectivity index (χ0v) is 17.4. The molecule has 0 heterocycles. The molecule has 5 heteroatoms. The third kappa shape index (κ3) is 6.75. The van der Waals surface area contributed by atoms with E-state index < -0.39 is 0 Å². The number of hydrogen-bond donors (Lipinski definition) is 1. The molecule has 3 rings (SSSR count). The lowest BCUT2D eigenvalue weighted by Gasteiger charge is -2.13. The quantitative estimate of drug-likeness (QED) is 0.463. The molecule has 142 valence electrons. The molecule has 0 aliphatic carbocycles. The Morgan fingerprint density at radius 2 is 1.41 bits per heavy atom. The van der Waals surface area contributed by atoms with E-state index in [0.717, 1.165) is 28.4 Å². The summed E-state index contributed by atoms with van der Waals surface area (Å²) < 4.78 is 5.99. The Labute approximate surface area is 176 Å². The number of aryl methyl sites for hydroxylation is 1. The Kier molecular flexibility index (Phi) is 8.46. The molecular weight excluding hydrogens is 401 g/mol. The summed E-state index contributed by atoms with van der Waals surface area (Å²) in [4.78, 5) is 0. The van der Waals surface area contributed by atoms with E-state index >= 15 is 0 Å². The summed E-state index contributed by atoms with van der Waals surface area (Å²) in [5.74, 6) is 0.834. The fraction of sp³-hybridized carbons (Fsp3) is 0.182. The first-order valence-electron chi connectivity index (χ1n) is 8.52. The van der Waals surface area contributed by atoms with Crippen molar-refractivity contribution in [3.05, 3.63) is 99.0 Å². The number of ether oxygens (including phenoxy) is 1. The van der Waals surface area contributed by atoms with Gasteiger partial charge in [-0.2, -0.15) is 0 Å². The standard InChI is InChI=1S/C22H21Cl2NO.ClH/c1-16-2-4-17(5-3-16)13-25-14-19-12-21(24)10-11-22(19)26-15-18-6-8-20(23)9-7-18;/h2-12,25H,13-15H2,1H3;1H. The van der Waals surface area contributed by atoms with Crippen LogP contribution in [0.3, 0.4) is 0 Å². The summed E-state index contributed by atoms with van der Waals surface area (Å²) in [6, 6.07) is 21.9. The van der Waals surface area contributed by atoms with Gasteiger partial charge in [0.25, 0.3) is 0 Å². The third-order valence-electron chi connectivity index (χ3n) is 4.10. The van der Waals surface area contributed by atoms with Gasteiger partial charge in [0.15, 0.2) is 0 Å². The number of rotatable bonds is 7. The van der Waals surface area contributed by atoms with Crippen molar-refractivity contribution < 1.29 is 4.74 Å². The molecule has 0 fully saturated rings. The van der Waals surface area contributed by atoms with Crippen LogP contribution in [-0.2, 0) is 19.7 Å². The highest BCUT2D eigenvalue weighted by atomic mass is 35.5. The highest BCUT2D eigenvalue weighted by Gasteiger charge is 2.06. The molecule has 0 saturated carbocycles. The Bertz CT molecular complexity index is 848. The molecule has 0 unspecified atom stereocenters. The normalized spacial score (nSPS) is 10.3. The Morgan fingerprint density at radius 3 is 2.11 bits per heavy atom. The second-order valence-corrected chi connectivity index (χ2v) is 7.13. The summed E-state index contributed by atoms with van der Waals surface area (Å²) >= 11 is 12.1. The van der Waals surface area contributed by atoms with Gasteiger partial charge in [0.1, 0.15) is 12.4 Å². The average molecular weight is 423 g/mol. The SMILES string of the molecule is Cc1ccc(CNCc2cc(Cl)ccc2OCc2ccc(Cl)cc2)cc1.Cl. The molecule has 0 aliphatic heterocycles. The van der Waals surface area contributed by atoms with Crippen molar-refractivity contribution in [3.8, 4) is 5.75 Å². The van der Waals surface area contributed by atoms with Crippen LogP contribution < -0.4 is 10.1 Å². The third-order valence-corrected chi connectivity index (χ3v) is 4.58. The lowest BCUT2D eigenvalue weighted by Crippen LogP contribution is -2.13. The largest absolute Gasteiger partial charge is 0.489 e. The first-order valence-corrected chi connectivity index (χ1v) is 9.28. The van der Waals surface area contributed by atoms with Crippen LogP contribution in [0.5, 0.6) is 5.75 Å². The number of nitrogens with one attached hydrogen (secondary N) is 1. The van der Waals surface area contributed by atoms with E-state index in [1.54, 1.807) is 0 Å². The van der Waals surface area contributed by atoms with Gasteiger partial charge in [0.2, 0.25) is 0 Å². The molecule has 3 aromatic carbocycles. The van der Waals surface area contributed by atoms with Gasteiger partial charge in [-0.15, -0.1) is 12.4 Å². The van der Waals surface area contributed by atoms with E-state index in [0.29, 0.717) is 18.2 Å². The minimum atomic E-state index is 0. The van der Waals surface area contributed by atoms with Gasteiger partial charge in [-0.1, -0.05) is 65.2 Å². The van der Waals surface area contributed by atoms with E-state index in [9.17, 15) is 0 Å². The summed E-state index contributed by atoms with van der Waals surface area (Å²) in [5.41, 5.74) is 4.63. The fourth-order valence-electron chi connectivity index (χ4n) is 2.62. The first-order chi connectivity index (χ1) is 12.6. The van der Waals surface area contributed by atoms with Crippen molar-refractivity contribution in [1.29, 1.82) is 0 Å². The molecular formula is C22H22Cl3NO. The number of benzene rings is 3. The zero-order chi connectivity index (χ0) is 18.4. The van der Waals surface area contributed by atoms with E-state index in [2.05, 4.69) is 36.5 Å². The topological polar surface area (TPSA) is 21.3 Å². The van der Waals surface area contributed by atoms with Gasteiger partial charge >= 0.3 is 0 Å². The van der Waals surface area contributed by atoms with Gasteiger partial charge in [0, 0.05) is 28.7 Å². The lowest BCUT2D eigenvalue weighted by atomic mass is 10.1. The van der Waals surface area contributed by atoms with Crippen molar-refractivity contribution in [2.75, 3.05) is 0 Å². The van der Waals surface area contributed by atoms with Crippen molar-refractivity contribution in [2.24, 2.45) is 0 Å². The zero-order valence-electron chi connectivity index (χ0n) is 15.0. The van der Waals surface area contributed by atoms with Crippen LogP contribution in [0.2, 0.25) is 10.0 Å². The summed E-state index contributed by atoms with van der Waals surface area (Å²) in [6.07, 6.45) is 0. The van der Waals surface area contributed by atoms with E-state index in [1.807, 2.05) is 42.5 Å². The molecule has 1 N–H and O–H groups in total. The van der Waals surface area contributed by atoms with Crippen LogP contribution in [0, 0.1) is 6.92 Å². The molecule has 0 radical (unpaired) electrons. The number of halogens is 3. The molecule has 0 spiro atoms. The van der Waals surface area contributed by atoms with Crippen molar-refractivity contribution in [1.82, 2.24) is 5.32 Å². The number of hydrogen-bond acceptors (Lipinski definition) is 2. The first kappa shape index (κ1) is 21.6. The maximum atomic E-state index is 6.17. The minimum absolute atomic E-state index is 0. The molecule has 2 nitrogen and oxygen atoms in total. The highest BCUT2D eigenvalue weighted by molar-refractivity contribution is 6.30. The smallest absolute Gasteiger partial charge is 0.124 e. The van der Waals surface area contributed by atoms with Crippen LogP contribution in [0.1, 0.15) is 22.3 Å². The van der Waals surface area contributed by atoms with Gasteiger partial charge in [-0.05, 0) is 48.4 Å². The van der Waals surface area contributed by atoms with Gasteiger partial charge in [-0.25, -0.2) is 0 Å². The van der Waals surface area contributed by atoms with Gasteiger partial charge < -0.3 is 10.1 Å². The minimum Gasteiger partial charge on any atom is -0.489 e. The van der Waals surface area contributed by atoms with Crippen molar-refractivity contribution in [3.63, 3.8) is 0 Å². The molecule has 0 saturated heterocycles. The van der Waals surface area contributed by atoms with Crippen LogP contribution >= 0.6 is 35.6 Å². The van der Waals surface area contributed by atoms with Crippen LogP contribution in [0.25, 0.3) is 0 Å². The monoisotopic (exact) mass is 421 g/mol. The Morgan fingerprint density at radius 1 is 0.778 bits per heavy atom. The summed E-state index contributed by atoms with van der Waals surface area (Å²) in [5, 5.41) is 4.88. The predicted octanol–water partition coefficient (Wildman–Crippen LogP) is 6.59. The maximum Gasteiger partial charge on any atom is 0.124 e. The molecule has 27 heavy (non-hydrogen) atoms. The second kappa shape index (κ2) is 10.6. The lowest BCUT2D eigenvalue weighted by molar-refractivity contribution is 0.302. The van der Waals surface area contributed by atoms with Crippen LogP contribution in [-0.4, -0.2) is 0 Å². The molecule has 0 atom stereocenters. The maximum absolute atomic E-state index is 6.17. The molecule has 0 amide bonds. The van der Waals surface area contributed by atoms with E-state index in [1.165, 1.54) is 11.1 Å². The van der Waals surface area contributed by atoms with Gasteiger partial charge in [0.05, 0.1) is 0 Å².